The van der Waals surface area contributed by atoms with Crippen molar-refractivity contribution in [1.29, 1.82) is 0 Å². The van der Waals surface area contributed by atoms with Crippen LogP contribution in [0.2, 0.25) is 10.0 Å². The Hall–Kier alpha value is -3.16. The Bertz CT molecular complexity index is 1160. The van der Waals surface area contributed by atoms with Gasteiger partial charge in [-0.3, -0.25) is 14.9 Å². The van der Waals surface area contributed by atoms with Crippen molar-refractivity contribution in [2.45, 2.75) is 20.3 Å². The summed E-state index contributed by atoms with van der Waals surface area (Å²) in [6, 6.07) is 13.3. The highest BCUT2D eigenvalue weighted by Crippen LogP contribution is 2.28. The van der Waals surface area contributed by atoms with Gasteiger partial charge in [0.2, 0.25) is 5.91 Å². The molecule has 9 heteroatoms. The number of hydrazone groups is 1. The number of carbonyl (C=O) groups excluding carboxylic acids is 1. The number of nitrogens with zero attached hydrogens (tertiary/aromatic N) is 3. The maximum Gasteiger partial charge on any atom is 0.273 e. The molecule has 0 saturated heterocycles. The van der Waals surface area contributed by atoms with Crippen molar-refractivity contribution in [3.63, 3.8) is 0 Å². The number of aromatic nitrogens is 1. The van der Waals surface area contributed by atoms with E-state index in [9.17, 15) is 14.9 Å². The molecule has 0 aliphatic rings. The summed E-state index contributed by atoms with van der Waals surface area (Å²) in [7, 11) is 0. The quantitative estimate of drug-likeness (QED) is 0.329. The first kappa shape index (κ1) is 21.5. The molecule has 0 bridgehead atoms. The van der Waals surface area contributed by atoms with Crippen molar-refractivity contribution >= 4 is 41.0 Å². The van der Waals surface area contributed by atoms with Gasteiger partial charge in [0.25, 0.3) is 5.69 Å². The molecule has 0 spiro atoms. The molecule has 1 amide bonds. The Morgan fingerprint density at radius 2 is 1.93 bits per heavy atom. The van der Waals surface area contributed by atoms with Crippen LogP contribution in [0.1, 0.15) is 22.5 Å². The third-order valence-corrected chi connectivity index (χ3v) is 5.09. The van der Waals surface area contributed by atoms with E-state index >= 15 is 0 Å². The summed E-state index contributed by atoms with van der Waals surface area (Å²) in [5.41, 5.74) is 6.04. The number of nitro benzene ring substituents is 1. The first-order chi connectivity index (χ1) is 14.3. The van der Waals surface area contributed by atoms with Gasteiger partial charge >= 0.3 is 0 Å². The van der Waals surface area contributed by atoms with Crippen LogP contribution >= 0.6 is 23.2 Å². The zero-order valence-corrected chi connectivity index (χ0v) is 17.7. The number of aryl methyl sites for hydroxylation is 1. The molecule has 0 aliphatic carbocycles. The van der Waals surface area contributed by atoms with Crippen molar-refractivity contribution in [3.8, 4) is 5.69 Å². The topological polar surface area (TPSA) is 89.5 Å². The van der Waals surface area contributed by atoms with Gasteiger partial charge in [-0.1, -0.05) is 41.4 Å². The minimum Gasteiger partial charge on any atom is -0.316 e. The number of hydrogen-bond donors (Lipinski definition) is 1. The lowest BCUT2D eigenvalue weighted by Gasteiger charge is -2.11. The molecular weight excluding hydrogens is 427 g/mol. The molecule has 1 N–H and O–H groups in total. The first-order valence-corrected chi connectivity index (χ1v) is 9.72. The van der Waals surface area contributed by atoms with Crippen LogP contribution in [0.5, 0.6) is 0 Å². The molecule has 3 rings (SSSR count). The van der Waals surface area contributed by atoms with Crippen LogP contribution in [-0.4, -0.2) is 21.6 Å². The number of hydrogen-bond acceptors (Lipinski definition) is 4. The van der Waals surface area contributed by atoms with E-state index in [1.807, 2.05) is 30.5 Å². The monoisotopic (exact) mass is 444 g/mol. The minimum absolute atomic E-state index is 0.0972. The Morgan fingerprint density at radius 3 is 2.63 bits per heavy atom. The fourth-order valence-electron chi connectivity index (χ4n) is 3.18. The highest BCUT2D eigenvalue weighted by Gasteiger charge is 2.15. The standard InChI is InChI=1S/C21H18Cl2N4O3/c1-13-9-16(14(2)26(13)20-8-7-17(22)11-18(20)23)12-24-25-21(28)10-15-5-3-4-6-19(15)27(29)30/h3-9,11-12H,10H2,1-2H3,(H,25,28). The maximum atomic E-state index is 12.1. The predicted octanol–water partition coefficient (Wildman–Crippen LogP) is 5.00. The van der Waals surface area contributed by atoms with Crippen molar-refractivity contribution in [1.82, 2.24) is 9.99 Å². The van der Waals surface area contributed by atoms with Gasteiger partial charge in [0, 0.05) is 33.6 Å². The fraction of sp³-hybridized carbons (Fsp3) is 0.143. The van der Waals surface area contributed by atoms with E-state index in [1.54, 1.807) is 30.3 Å². The van der Waals surface area contributed by atoms with Gasteiger partial charge in [0.15, 0.2) is 0 Å². The van der Waals surface area contributed by atoms with E-state index in [2.05, 4.69) is 10.5 Å². The van der Waals surface area contributed by atoms with Crippen LogP contribution in [0.25, 0.3) is 5.69 Å². The first-order valence-electron chi connectivity index (χ1n) is 8.96. The molecule has 30 heavy (non-hydrogen) atoms. The summed E-state index contributed by atoms with van der Waals surface area (Å²) in [5.74, 6) is -0.449. The van der Waals surface area contributed by atoms with E-state index in [4.69, 9.17) is 23.2 Å². The molecule has 0 saturated carbocycles. The van der Waals surface area contributed by atoms with Gasteiger partial charge in [0.1, 0.15) is 0 Å². The largest absolute Gasteiger partial charge is 0.316 e. The molecule has 0 radical (unpaired) electrons. The molecular formula is C21H18Cl2N4O3. The highest BCUT2D eigenvalue weighted by molar-refractivity contribution is 6.35. The Labute approximate surface area is 183 Å². The minimum atomic E-state index is -0.511. The number of halogens is 2. The molecule has 0 unspecified atom stereocenters. The zero-order chi connectivity index (χ0) is 21.8. The van der Waals surface area contributed by atoms with Gasteiger partial charge in [0.05, 0.1) is 28.3 Å². The molecule has 0 atom stereocenters. The van der Waals surface area contributed by atoms with Crippen LogP contribution < -0.4 is 5.43 Å². The van der Waals surface area contributed by atoms with Crippen molar-refractivity contribution in [3.05, 3.63) is 91.2 Å². The van der Waals surface area contributed by atoms with Crippen molar-refractivity contribution in [2.24, 2.45) is 5.10 Å². The normalized spacial score (nSPS) is 11.1. The Balaban J connectivity index is 1.75. The lowest BCUT2D eigenvalue weighted by molar-refractivity contribution is -0.385. The second-order valence-corrected chi connectivity index (χ2v) is 7.46. The van der Waals surface area contributed by atoms with Crippen LogP contribution in [0.3, 0.4) is 0 Å². The summed E-state index contributed by atoms with van der Waals surface area (Å²) in [6.45, 7) is 3.84. The second kappa shape index (κ2) is 9.11. The third-order valence-electron chi connectivity index (χ3n) is 4.55. The maximum absolute atomic E-state index is 12.1. The van der Waals surface area contributed by atoms with Crippen LogP contribution in [0.15, 0.2) is 53.6 Å². The lowest BCUT2D eigenvalue weighted by Crippen LogP contribution is -2.20. The van der Waals surface area contributed by atoms with Crippen molar-refractivity contribution < 1.29 is 9.72 Å². The highest BCUT2D eigenvalue weighted by atomic mass is 35.5. The number of carbonyl (C=O) groups is 1. The molecule has 2 aromatic carbocycles. The van der Waals surface area contributed by atoms with E-state index < -0.39 is 10.8 Å². The van der Waals surface area contributed by atoms with Crippen LogP contribution in [-0.2, 0) is 11.2 Å². The van der Waals surface area contributed by atoms with E-state index in [0.29, 0.717) is 15.6 Å². The Kier molecular flexibility index (Phi) is 6.54. The van der Waals surface area contributed by atoms with Gasteiger partial charge in [-0.2, -0.15) is 5.10 Å². The van der Waals surface area contributed by atoms with E-state index in [1.165, 1.54) is 12.3 Å². The van der Waals surface area contributed by atoms with Crippen LogP contribution in [0.4, 0.5) is 5.69 Å². The lowest BCUT2D eigenvalue weighted by atomic mass is 10.1. The fourth-order valence-corrected chi connectivity index (χ4v) is 3.67. The summed E-state index contributed by atoms with van der Waals surface area (Å²) < 4.78 is 1.97. The van der Waals surface area contributed by atoms with Gasteiger partial charge in [-0.05, 0) is 38.1 Å². The number of nitro groups is 1. The SMILES string of the molecule is Cc1cc(C=NNC(=O)Cc2ccccc2[N+](=O)[O-])c(C)n1-c1ccc(Cl)cc1Cl. The predicted molar refractivity (Wildman–Crippen MR) is 118 cm³/mol. The molecule has 1 aromatic heterocycles. The summed E-state index contributed by atoms with van der Waals surface area (Å²) in [5, 5.41) is 16.1. The molecule has 7 nitrogen and oxygen atoms in total. The third kappa shape index (κ3) is 4.69. The number of rotatable bonds is 6. The molecule has 1 heterocycles. The number of para-hydroxylation sites is 1. The zero-order valence-electron chi connectivity index (χ0n) is 16.2. The Morgan fingerprint density at radius 1 is 1.20 bits per heavy atom. The number of amides is 1. The average Bonchev–Trinajstić information content (AvgIpc) is 2.96. The molecule has 3 aromatic rings. The molecule has 0 aliphatic heterocycles. The number of nitrogens with one attached hydrogen (secondary N) is 1. The summed E-state index contributed by atoms with van der Waals surface area (Å²) in [6.07, 6.45) is 1.38. The number of benzene rings is 2. The summed E-state index contributed by atoms with van der Waals surface area (Å²) >= 11 is 12.3. The summed E-state index contributed by atoms with van der Waals surface area (Å²) in [4.78, 5) is 22.7. The average molecular weight is 445 g/mol. The smallest absolute Gasteiger partial charge is 0.273 e. The van der Waals surface area contributed by atoms with E-state index in [0.717, 1.165) is 22.6 Å². The van der Waals surface area contributed by atoms with Gasteiger partial charge < -0.3 is 4.57 Å². The molecule has 0 fully saturated rings. The second-order valence-electron chi connectivity index (χ2n) is 6.61. The molecule has 154 valence electrons. The van der Waals surface area contributed by atoms with E-state index in [-0.39, 0.29) is 12.1 Å². The van der Waals surface area contributed by atoms with Gasteiger partial charge in [-0.15, -0.1) is 0 Å². The van der Waals surface area contributed by atoms with Crippen LogP contribution in [0, 0.1) is 24.0 Å². The van der Waals surface area contributed by atoms with Gasteiger partial charge in [-0.25, -0.2) is 5.43 Å². The van der Waals surface area contributed by atoms with Crippen molar-refractivity contribution in [2.75, 3.05) is 0 Å².